The lowest BCUT2D eigenvalue weighted by Crippen LogP contribution is -2.48. The van der Waals surface area contributed by atoms with Crippen LogP contribution in [0.2, 0.25) is 0 Å². The van der Waals surface area contributed by atoms with Crippen molar-refractivity contribution in [1.82, 2.24) is 15.6 Å². The number of methoxy groups -OCH3 is 1. The third-order valence-electron chi connectivity index (χ3n) is 7.46. The number of hydrogen-bond donors (Lipinski definition) is 6. The summed E-state index contributed by atoms with van der Waals surface area (Å²) in [5, 5.41) is 18.4. The average Bonchev–Trinajstić information content (AvgIpc) is 3.46. The van der Waals surface area contributed by atoms with Crippen molar-refractivity contribution in [2.24, 2.45) is 0 Å². The molecule has 1 fully saturated rings. The standard InChI is InChI=1S/C31H38N4O5S/c1-40-25-11-7-10-23(16-25)20-32-21-30(36)28(17-22-8-3-2-4-9-22)34-31(37)24-18-27-26(12-13-33-27)29(19-24)35-14-5-6-15-41(35,38)39/h2-4,7-13,16,18-19,28,30,32-33,36,38-39H,5-6,14-15,17,20-21H2,1H3,(H,34,37)/t28-,30+/m0/s1. The number of ether oxygens (including phenoxy) is 1. The number of benzene rings is 3. The van der Waals surface area contributed by atoms with Gasteiger partial charge in [-0.05, 0) is 60.7 Å². The van der Waals surface area contributed by atoms with Gasteiger partial charge in [-0.25, -0.2) is 0 Å². The zero-order valence-corrected chi connectivity index (χ0v) is 23.9. The van der Waals surface area contributed by atoms with Crippen LogP contribution >= 0.6 is 10.8 Å². The number of H-pyrrole nitrogens is 1. The van der Waals surface area contributed by atoms with E-state index >= 15 is 0 Å². The van der Waals surface area contributed by atoms with Crippen molar-refractivity contribution in [3.05, 3.63) is 95.7 Å². The molecule has 0 radical (unpaired) electrons. The monoisotopic (exact) mass is 578 g/mol. The van der Waals surface area contributed by atoms with Crippen molar-refractivity contribution < 1.29 is 23.7 Å². The Labute approximate surface area is 242 Å². The van der Waals surface area contributed by atoms with E-state index in [0.717, 1.165) is 40.6 Å². The maximum Gasteiger partial charge on any atom is 0.251 e. The second-order valence-electron chi connectivity index (χ2n) is 10.4. The summed E-state index contributed by atoms with van der Waals surface area (Å²) >= 11 is 0. The van der Waals surface area contributed by atoms with Crippen molar-refractivity contribution in [2.45, 2.75) is 38.0 Å². The average molecular weight is 579 g/mol. The maximum atomic E-state index is 13.7. The second kappa shape index (κ2) is 13.0. The highest BCUT2D eigenvalue weighted by Gasteiger charge is 2.30. The third kappa shape index (κ3) is 7.03. The number of fused-ring (bicyclic) bond motifs is 1. The Kier molecular flexibility index (Phi) is 9.16. The lowest BCUT2D eigenvalue weighted by Gasteiger charge is -2.47. The molecule has 2 heterocycles. The minimum absolute atomic E-state index is 0.268. The first-order valence-corrected chi connectivity index (χ1v) is 15.5. The van der Waals surface area contributed by atoms with Crippen LogP contribution < -0.4 is 19.7 Å². The lowest BCUT2D eigenvalue weighted by atomic mass is 10.00. The summed E-state index contributed by atoms with van der Waals surface area (Å²) in [5.74, 6) is 0.732. The Morgan fingerprint density at radius 3 is 2.63 bits per heavy atom. The molecule has 1 aliphatic rings. The highest BCUT2D eigenvalue weighted by molar-refractivity contribution is 8.25. The first kappa shape index (κ1) is 29.0. The number of aromatic nitrogens is 1. The van der Waals surface area contributed by atoms with Crippen molar-refractivity contribution in [2.75, 3.05) is 30.3 Å². The number of anilines is 1. The van der Waals surface area contributed by atoms with E-state index in [1.165, 1.54) is 0 Å². The zero-order valence-electron chi connectivity index (χ0n) is 23.1. The van der Waals surface area contributed by atoms with E-state index in [4.69, 9.17) is 4.74 Å². The molecule has 9 nitrogen and oxygen atoms in total. The molecule has 2 atom stereocenters. The second-order valence-corrected chi connectivity index (χ2v) is 12.5. The predicted octanol–water partition coefficient (Wildman–Crippen LogP) is 4.93. The molecule has 1 saturated heterocycles. The van der Waals surface area contributed by atoms with Gasteiger partial charge in [-0.1, -0.05) is 42.5 Å². The van der Waals surface area contributed by atoms with Gasteiger partial charge < -0.3 is 25.5 Å². The smallest absolute Gasteiger partial charge is 0.251 e. The van der Waals surface area contributed by atoms with E-state index in [1.54, 1.807) is 29.7 Å². The van der Waals surface area contributed by atoms with E-state index in [9.17, 15) is 19.0 Å². The van der Waals surface area contributed by atoms with Crippen LogP contribution in [0.3, 0.4) is 0 Å². The molecule has 0 aliphatic carbocycles. The predicted molar refractivity (Wildman–Crippen MR) is 165 cm³/mol. The van der Waals surface area contributed by atoms with Gasteiger partial charge in [-0.2, -0.15) is 0 Å². The van der Waals surface area contributed by atoms with Gasteiger partial charge in [-0.15, -0.1) is 10.8 Å². The molecular formula is C31H38N4O5S. The highest BCUT2D eigenvalue weighted by Crippen LogP contribution is 2.51. The molecule has 4 aromatic rings. The summed E-state index contributed by atoms with van der Waals surface area (Å²) in [4.78, 5) is 16.8. The van der Waals surface area contributed by atoms with Gasteiger partial charge in [0.1, 0.15) is 5.75 Å². The summed E-state index contributed by atoms with van der Waals surface area (Å²) in [6.07, 6.45) is 2.94. The van der Waals surface area contributed by atoms with Crippen molar-refractivity contribution in [3.63, 3.8) is 0 Å². The van der Waals surface area contributed by atoms with Gasteiger partial charge in [0, 0.05) is 42.3 Å². The molecule has 1 amide bonds. The first-order valence-electron chi connectivity index (χ1n) is 13.9. The van der Waals surface area contributed by atoms with Gasteiger partial charge in [0.05, 0.1) is 30.7 Å². The van der Waals surface area contributed by atoms with E-state index in [0.29, 0.717) is 36.5 Å². The SMILES string of the molecule is COc1cccc(CNC[C@@H](O)[C@H](Cc2ccccc2)NC(=O)c2cc(N3CCCCS3(O)O)c3cc[nH]c3c2)c1. The molecule has 0 unspecified atom stereocenters. The quantitative estimate of drug-likeness (QED) is 0.149. The number of hydrogen-bond acceptors (Lipinski definition) is 7. The molecular weight excluding hydrogens is 540 g/mol. The van der Waals surface area contributed by atoms with Gasteiger partial charge in [0.2, 0.25) is 0 Å². The number of amides is 1. The van der Waals surface area contributed by atoms with Crippen LogP contribution in [0.15, 0.2) is 79.0 Å². The van der Waals surface area contributed by atoms with Crippen molar-refractivity contribution in [1.29, 1.82) is 0 Å². The Morgan fingerprint density at radius 1 is 1.05 bits per heavy atom. The number of rotatable bonds is 11. The van der Waals surface area contributed by atoms with Gasteiger partial charge >= 0.3 is 0 Å². The van der Waals surface area contributed by atoms with Crippen LogP contribution in [0, 0.1) is 0 Å². The number of nitrogens with one attached hydrogen (secondary N) is 3. The van der Waals surface area contributed by atoms with Gasteiger partial charge in [0.15, 0.2) is 0 Å². The largest absolute Gasteiger partial charge is 0.497 e. The maximum absolute atomic E-state index is 13.7. The van der Waals surface area contributed by atoms with Crippen LogP contribution in [0.5, 0.6) is 5.75 Å². The number of carbonyl (C=O) groups is 1. The van der Waals surface area contributed by atoms with E-state index in [2.05, 4.69) is 15.6 Å². The van der Waals surface area contributed by atoms with Crippen molar-refractivity contribution >= 4 is 33.3 Å². The first-order chi connectivity index (χ1) is 19.8. The van der Waals surface area contributed by atoms with Crippen LogP contribution in [-0.4, -0.2) is 63.2 Å². The molecule has 3 aromatic carbocycles. The summed E-state index contributed by atoms with van der Waals surface area (Å²) in [6.45, 7) is 1.31. The molecule has 1 aromatic heterocycles. The van der Waals surface area contributed by atoms with Crippen LogP contribution in [0.1, 0.15) is 34.3 Å². The highest BCUT2D eigenvalue weighted by atomic mass is 32.3. The molecule has 0 spiro atoms. The van der Waals surface area contributed by atoms with Crippen LogP contribution in [-0.2, 0) is 13.0 Å². The molecule has 218 valence electrons. The molecule has 0 bridgehead atoms. The molecule has 41 heavy (non-hydrogen) atoms. The van der Waals surface area contributed by atoms with Gasteiger partial charge in [-0.3, -0.25) is 18.2 Å². The van der Waals surface area contributed by atoms with Crippen LogP contribution in [0.25, 0.3) is 10.9 Å². The summed E-state index contributed by atoms with van der Waals surface area (Å²) in [7, 11) is -1.35. The Hall–Kier alpha value is -3.54. The van der Waals surface area contributed by atoms with E-state index in [1.807, 2.05) is 60.7 Å². The number of carbonyl (C=O) groups excluding carboxylic acids is 1. The zero-order chi connectivity index (χ0) is 28.8. The van der Waals surface area contributed by atoms with E-state index in [-0.39, 0.29) is 12.5 Å². The number of nitrogens with zero attached hydrogens (tertiary/aromatic N) is 1. The lowest BCUT2D eigenvalue weighted by molar-refractivity contribution is 0.0830. The third-order valence-corrected chi connectivity index (χ3v) is 9.38. The summed E-state index contributed by atoms with van der Waals surface area (Å²) in [6, 6.07) is 22.3. The minimum atomic E-state index is -2.97. The van der Waals surface area contributed by atoms with Crippen molar-refractivity contribution in [3.8, 4) is 5.75 Å². The topological polar surface area (TPSA) is 130 Å². The normalized spacial score (nSPS) is 17.1. The summed E-state index contributed by atoms with van der Waals surface area (Å²) in [5.41, 5.74) is 3.75. The molecule has 0 saturated carbocycles. The summed E-state index contributed by atoms with van der Waals surface area (Å²) < 4.78 is 28.5. The minimum Gasteiger partial charge on any atom is -0.497 e. The molecule has 6 N–H and O–H groups in total. The Balaban J connectivity index is 1.35. The van der Waals surface area contributed by atoms with E-state index < -0.39 is 22.9 Å². The van der Waals surface area contributed by atoms with Gasteiger partial charge in [0.25, 0.3) is 5.91 Å². The number of aliphatic hydroxyl groups is 1. The van der Waals surface area contributed by atoms with Crippen LogP contribution in [0.4, 0.5) is 5.69 Å². The fourth-order valence-electron chi connectivity index (χ4n) is 5.26. The number of aromatic amines is 1. The fraction of sp³-hybridized carbons (Fsp3) is 0.323. The molecule has 1 aliphatic heterocycles. The Bertz CT molecular complexity index is 1460. The molecule has 5 rings (SSSR count). The number of aliphatic hydroxyl groups excluding tert-OH is 1. The Morgan fingerprint density at radius 2 is 1.85 bits per heavy atom. The fourth-order valence-corrected chi connectivity index (χ4v) is 6.96. The molecule has 10 heteroatoms.